The molecule has 3 fully saturated rings. The van der Waals surface area contributed by atoms with Crippen LogP contribution >= 0.6 is 0 Å². The Labute approximate surface area is 293 Å². The number of allylic oxidation sites excluding steroid dienone is 1. The van der Waals surface area contributed by atoms with Crippen LogP contribution in [0.1, 0.15) is 85.5 Å². The molecule has 2 aromatic rings. The van der Waals surface area contributed by atoms with Crippen molar-refractivity contribution in [3.05, 3.63) is 48.7 Å². The summed E-state index contributed by atoms with van der Waals surface area (Å²) in [5, 5.41) is 7.31. The van der Waals surface area contributed by atoms with E-state index in [2.05, 4.69) is 20.3 Å². The van der Waals surface area contributed by atoms with Gasteiger partial charge < -0.3 is 25.0 Å². The molecule has 0 unspecified atom stereocenters. The van der Waals surface area contributed by atoms with Gasteiger partial charge in [0.05, 0.1) is 11.3 Å². The molecule has 5 atom stereocenters. The molecule has 0 spiro atoms. The van der Waals surface area contributed by atoms with E-state index >= 15 is 0 Å². The maximum Gasteiger partial charge on any atom is 0.408 e. The highest BCUT2D eigenvalue weighted by atomic mass is 32.2. The maximum atomic E-state index is 14.4. The Morgan fingerprint density at radius 3 is 2.58 bits per heavy atom. The minimum absolute atomic E-state index is 0.0174. The van der Waals surface area contributed by atoms with E-state index in [1.807, 2.05) is 42.5 Å². The second-order valence-corrected chi connectivity index (χ2v) is 17.4. The first-order valence-electron chi connectivity index (χ1n) is 17.5. The molecule has 270 valence electrons. The van der Waals surface area contributed by atoms with Crippen LogP contribution in [0.2, 0.25) is 0 Å². The van der Waals surface area contributed by atoms with Crippen LogP contribution in [0.4, 0.5) is 4.79 Å². The summed E-state index contributed by atoms with van der Waals surface area (Å²) in [4.78, 5) is 61.1. The van der Waals surface area contributed by atoms with Gasteiger partial charge in [-0.1, -0.05) is 43.2 Å². The van der Waals surface area contributed by atoms with Crippen LogP contribution in [0.15, 0.2) is 48.7 Å². The van der Waals surface area contributed by atoms with Crippen LogP contribution in [-0.2, 0) is 29.1 Å². The number of carbonyl (C=O) groups is 4. The molecule has 6 rings (SSSR count). The van der Waals surface area contributed by atoms with Gasteiger partial charge in [0.25, 0.3) is 5.91 Å². The fraction of sp³-hybridized carbons (Fsp3) is 0.583. The molecule has 2 aliphatic heterocycles. The van der Waals surface area contributed by atoms with E-state index in [9.17, 15) is 27.6 Å². The van der Waals surface area contributed by atoms with E-state index in [1.54, 1.807) is 33.9 Å². The van der Waals surface area contributed by atoms with Crippen molar-refractivity contribution in [3.63, 3.8) is 0 Å². The Hall–Kier alpha value is -4.20. The van der Waals surface area contributed by atoms with E-state index in [0.29, 0.717) is 38.0 Å². The highest BCUT2D eigenvalue weighted by Gasteiger charge is 2.63. The third kappa shape index (κ3) is 7.59. The Kier molecular flexibility index (Phi) is 9.61. The van der Waals surface area contributed by atoms with Crippen molar-refractivity contribution in [2.24, 2.45) is 5.92 Å². The molecule has 0 bridgehead atoms. The Balaban J connectivity index is 1.30. The largest absolute Gasteiger partial charge is 0.472 e. The predicted octanol–water partition coefficient (Wildman–Crippen LogP) is 3.87. The van der Waals surface area contributed by atoms with Gasteiger partial charge in [-0.2, -0.15) is 0 Å². The van der Waals surface area contributed by atoms with Crippen LogP contribution in [0.5, 0.6) is 5.88 Å². The number of amides is 4. The number of pyridine rings is 1. The SMILES string of the molecule is CC(C)(C)OC(=O)N[C@H]1CCCCCC=C[C@@H]2C[C@@]2(C(=O)NS(=O)(=O)C2(C)CC2)NC(=O)[C@@H]2C[C@@H](Oc3nccc4ccccc34)CN2C1=O. The molecule has 14 heteroatoms. The monoisotopic (exact) mass is 709 g/mol. The van der Waals surface area contributed by atoms with Crippen LogP contribution in [0, 0.1) is 5.92 Å². The molecule has 2 aliphatic carbocycles. The molecule has 1 saturated heterocycles. The lowest BCUT2D eigenvalue weighted by Crippen LogP contribution is -2.58. The van der Waals surface area contributed by atoms with Gasteiger partial charge in [0, 0.05) is 23.9 Å². The zero-order valence-corrected chi connectivity index (χ0v) is 29.9. The lowest BCUT2D eigenvalue weighted by molar-refractivity contribution is -0.141. The van der Waals surface area contributed by atoms with Gasteiger partial charge in [-0.15, -0.1) is 0 Å². The number of nitrogens with zero attached hydrogens (tertiary/aromatic N) is 2. The fourth-order valence-electron chi connectivity index (χ4n) is 6.74. The summed E-state index contributed by atoms with van der Waals surface area (Å²) in [5.41, 5.74) is -2.29. The summed E-state index contributed by atoms with van der Waals surface area (Å²) in [5.74, 6) is -1.93. The highest BCUT2D eigenvalue weighted by Crippen LogP contribution is 2.47. The summed E-state index contributed by atoms with van der Waals surface area (Å²) < 4.78 is 39.2. The number of nitrogens with one attached hydrogen (secondary N) is 3. The van der Waals surface area contributed by atoms with E-state index in [-0.39, 0.29) is 19.4 Å². The molecule has 50 heavy (non-hydrogen) atoms. The van der Waals surface area contributed by atoms with Crippen LogP contribution in [0.25, 0.3) is 10.8 Å². The summed E-state index contributed by atoms with van der Waals surface area (Å²) in [7, 11) is -3.97. The first-order valence-corrected chi connectivity index (χ1v) is 19.0. The van der Waals surface area contributed by atoms with Crippen molar-refractivity contribution in [3.8, 4) is 5.88 Å². The topological polar surface area (TPSA) is 173 Å². The van der Waals surface area contributed by atoms with Crippen molar-refractivity contribution in [2.75, 3.05) is 6.54 Å². The average molecular weight is 710 g/mol. The molecule has 13 nitrogen and oxygen atoms in total. The van der Waals surface area contributed by atoms with Gasteiger partial charge in [0.15, 0.2) is 0 Å². The minimum atomic E-state index is -3.97. The average Bonchev–Trinajstić information content (AvgIpc) is 3.92. The smallest absolute Gasteiger partial charge is 0.408 e. The summed E-state index contributed by atoms with van der Waals surface area (Å²) in [6, 6.07) is 7.38. The van der Waals surface area contributed by atoms with Crippen molar-refractivity contribution in [1.82, 2.24) is 25.2 Å². The lowest BCUT2D eigenvalue weighted by Gasteiger charge is -2.30. The van der Waals surface area contributed by atoms with Crippen LogP contribution in [-0.4, -0.2) is 82.7 Å². The van der Waals surface area contributed by atoms with Crippen molar-refractivity contribution in [2.45, 2.75) is 120 Å². The first kappa shape index (κ1) is 35.6. The number of rotatable bonds is 6. The molecule has 4 aliphatic rings. The Morgan fingerprint density at radius 2 is 1.84 bits per heavy atom. The van der Waals surface area contributed by atoms with Crippen LogP contribution < -0.4 is 20.1 Å². The fourth-order valence-corrected chi connectivity index (χ4v) is 8.05. The van der Waals surface area contributed by atoms with E-state index in [1.165, 1.54) is 4.90 Å². The van der Waals surface area contributed by atoms with E-state index < -0.39 is 73.8 Å². The van der Waals surface area contributed by atoms with Gasteiger partial charge in [0.2, 0.25) is 27.7 Å². The molecular formula is C36H47N5O8S. The quantitative estimate of drug-likeness (QED) is 0.377. The molecule has 0 radical (unpaired) electrons. The molecular weight excluding hydrogens is 662 g/mol. The first-order chi connectivity index (χ1) is 23.6. The number of hydrogen-bond acceptors (Lipinski definition) is 9. The highest BCUT2D eigenvalue weighted by molar-refractivity contribution is 7.91. The number of benzene rings is 1. The maximum absolute atomic E-state index is 14.4. The molecule has 3 N–H and O–H groups in total. The number of hydrogen-bond donors (Lipinski definition) is 3. The molecule has 4 amide bonds. The van der Waals surface area contributed by atoms with Gasteiger partial charge in [-0.25, -0.2) is 18.2 Å². The third-order valence-corrected chi connectivity index (χ3v) is 12.2. The van der Waals surface area contributed by atoms with Crippen molar-refractivity contribution < 1.29 is 37.1 Å². The Morgan fingerprint density at radius 1 is 1.08 bits per heavy atom. The molecule has 1 aromatic heterocycles. The normalized spacial score (nSPS) is 28.3. The molecule has 3 heterocycles. The number of ether oxygens (including phenoxy) is 2. The summed E-state index contributed by atoms with van der Waals surface area (Å²) >= 11 is 0. The Bertz CT molecular complexity index is 1800. The minimum Gasteiger partial charge on any atom is -0.472 e. The third-order valence-electron chi connectivity index (χ3n) is 10.1. The number of alkyl carbamates (subject to hydrolysis) is 1. The summed E-state index contributed by atoms with van der Waals surface area (Å²) in [6.45, 7) is 6.80. The van der Waals surface area contributed by atoms with Crippen molar-refractivity contribution in [1.29, 1.82) is 0 Å². The second-order valence-electron chi connectivity index (χ2n) is 15.2. The van der Waals surface area contributed by atoms with Gasteiger partial charge in [-0.05, 0) is 83.7 Å². The van der Waals surface area contributed by atoms with E-state index in [0.717, 1.165) is 23.6 Å². The number of aromatic nitrogens is 1. The molecule has 1 aromatic carbocycles. The number of sulfonamides is 1. The van der Waals surface area contributed by atoms with Crippen molar-refractivity contribution >= 4 is 44.6 Å². The lowest BCUT2D eigenvalue weighted by atomic mass is 10.0. The van der Waals surface area contributed by atoms with Crippen LogP contribution in [0.3, 0.4) is 0 Å². The number of carbonyl (C=O) groups excluding carboxylic acids is 4. The second kappa shape index (κ2) is 13.5. The predicted molar refractivity (Wildman–Crippen MR) is 185 cm³/mol. The van der Waals surface area contributed by atoms with Gasteiger partial charge in [-0.3, -0.25) is 19.1 Å². The molecule has 2 saturated carbocycles. The number of fused-ring (bicyclic) bond motifs is 3. The summed E-state index contributed by atoms with van der Waals surface area (Å²) in [6.07, 6.45) is 8.49. The van der Waals surface area contributed by atoms with Gasteiger partial charge in [0.1, 0.15) is 29.3 Å². The zero-order chi connectivity index (χ0) is 35.9. The zero-order valence-electron chi connectivity index (χ0n) is 29.1. The standard InChI is InChI=1S/C36H47N5O8S/c1-34(2,3)49-33(45)38-27-15-9-7-5-6-8-13-24-21-36(24,32(44)40-50(46,47)35(4)17-18-35)39-29(42)28-20-25(22-41(28)31(27)43)48-30-26-14-11-10-12-23(26)16-19-37-30/h8,10-14,16,19,24-25,27-28H,5-7,9,15,17-18,20-22H2,1-4H3,(H,38,45)(H,39,42)(H,40,44)/t24-,25-,27+,28+,36-/m1/s1. The van der Waals surface area contributed by atoms with E-state index in [4.69, 9.17) is 9.47 Å². The van der Waals surface area contributed by atoms with Gasteiger partial charge >= 0.3 is 6.09 Å².